The lowest BCUT2D eigenvalue weighted by Crippen LogP contribution is -2.19. The van der Waals surface area contributed by atoms with Crippen LogP contribution in [0, 0.1) is 10.1 Å². The van der Waals surface area contributed by atoms with E-state index in [9.17, 15) is 14.9 Å². The summed E-state index contributed by atoms with van der Waals surface area (Å²) in [5.41, 5.74) is 2.23. The van der Waals surface area contributed by atoms with Crippen molar-refractivity contribution in [2.24, 2.45) is 12.1 Å². The molecule has 0 fully saturated rings. The van der Waals surface area contributed by atoms with E-state index in [1.807, 2.05) is 0 Å². The van der Waals surface area contributed by atoms with Gasteiger partial charge in [-0.3, -0.25) is 19.6 Å². The molecule has 2 rings (SSSR count). The molecule has 2 aromatic rings. The third-order valence-electron chi connectivity index (χ3n) is 2.69. The van der Waals surface area contributed by atoms with Gasteiger partial charge in [-0.2, -0.15) is 10.2 Å². The Morgan fingerprint density at radius 3 is 3.00 bits per heavy atom. The van der Waals surface area contributed by atoms with Gasteiger partial charge in [0, 0.05) is 7.05 Å². The van der Waals surface area contributed by atoms with E-state index >= 15 is 0 Å². The summed E-state index contributed by atoms with van der Waals surface area (Å²) < 4.78 is 6.25. The summed E-state index contributed by atoms with van der Waals surface area (Å²) in [6.07, 6.45) is 2.55. The van der Waals surface area contributed by atoms with E-state index < -0.39 is 10.8 Å². The molecule has 1 N–H and O–H groups in total. The molecule has 0 aliphatic heterocycles. The number of hydrazone groups is 1. The van der Waals surface area contributed by atoms with Crippen molar-refractivity contribution in [1.29, 1.82) is 0 Å². The molecular weight excluding hydrogens is 290 g/mol. The number of nitrogens with zero attached hydrogens (tertiary/aromatic N) is 4. The van der Waals surface area contributed by atoms with Gasteiger partial charge in [-0.15, -0.1) is 0 Å². The van der Waals surface area contributed by atoms with Gasteiger partial charge in [-0.25, -0.2) is 5.43 Å². The molecule has 0 unspecified atom stereocenters. The van der Waals surface area contributed by atoms with Gasteiger partial charge >= 0.3 is 5.69 Å². The van der Waals surface area contributed by atoms with Crippen LogP contribution in [0.1, 0.15) is 16.1 Å². The largest absolute Gasteiger partial charge is 0.497 e. The number of rotatable bonds is 5. The quantitative estimate of drug-likeness (QED) is 0.505. The molecule has 0 aliphatic rings. The molecule has 1 aromatic heterocycles. The van der Waals surface area contributed by atoms with E-state index in [0.29, 0.717) is 11.3 Å². The van der Waals surface area contributed by atoms with Crippen LogP contribution >= 0.6 is 0 Å². The predicted molar refractivity (Wildman–Crippen MR) is 77.9 cm³/mol. The zero-order chi connectivity index (χ0) is 16.1. The number of benzene rings is 1. The maximum Gasteiger partial charge on any atom is 0.320 e. The molecule has 0 saturated carbocycles. The minimum Gasteiger partial charge on any atom is -0.497 e. The van der Waals surface area contributed by atoms with Gasteiger partial charge < -0.3 is 4.74 Å². The SMILES string of the molecule is COc1cccc(/C=N/NC(=O)c2nn(C)cc2[N+](=O)[O-])c1. The highest BCUT2D eigenvalue weighted by molar-refractivity contribution is 5.96. The average molecular weight is 303 g/mol. The zero-order valence-electron chi connectivity index (χ0n) is 11.9. The van der Waals surface area contributed by atoms with Gasteiger partial charge in [-0.1, -0.05) is 12.1 Å². The van der Waals surface area contributed by atoms with E-state index in [0.717, 1.165) is 6.20 Å². The lowest BCUT2D eigenvalue weighted by atomic mass is 10.2. The number of nitrogens with one attached hydrogen (secondary N) is 1. The van der Waals surface area contributed by atoms with Crippen LogP contribution in [0.2, 0.25) is 0 Å². The fraction of sp³-hybridized carbons (Fsp3) is 0.154. The number of aromatic nitrogens is 2. The fourth-order valence-electron chi connectivity index (χ4n) is 1.71. The number of ether oxygens (including phenoxy) is 1. The molecule has 0 atom stereocenters. The molecule has 0 radical (unpaired) electrons. The average Bonchev–Trinajstić information content (AvgIpc) is 2.90. The van der Waals surface area contributed by atoms with Gasteiger partial charge in [0.05, 0.1) is 18.2 Å². The normalized spacial score (nSPS) is 10.6. The Balaban J connectivity index is 2.09. The number of hydrogen-bond donors (Lipinski definition) is 1. The summed E-state index contributed by atoms with van der Waals surface area (Å²) in [6.45, 7) is 0. The van der Waals surface area contributed by atoms with Crippen molar-refractivity contribution in [3.05, 3.63) is 51.8 Å². The first kappa shape index (κ1) is 15.2. The first-order valence-electron chi connectivity index (χ1n) is 6.16. The van der Waals surface area contributed by atoms with Crippen molar-refractivity contribution >= 4 is 17.8 Å². The summed E-state index contributed by atoms with van der Waals surface area (Å²) in [5.74, 6) is -0.109. The van der Waals surface area contributed by atoms with Gasteiger partial charge in [0.1, 0.15) is 11.9 Å². The smallest absolute Gasteiger partial charge is 0.320 e. The number of amides is 1. The maximum absolute atomic E-state index is 11.9. The van der Waals surface area contributed by atoms with E-state index in [1.54, 1.807) is 24.3 Å². The lowest BCUT2D eigenvalue weighted by molar-refractivity contribution is -0.385. The summed E-state index contributed by atoms with van der Waals surface area (Å²) in [7, 11) is 3.03. The molecule has 0 bridgehead atoms. The van der Waals surface area contributed by atoms with Crippen molar-refractivity contribution in [2.45, 2.75) is 0 Å². The third-order valence-corrected chi connectivity index (χ3v) is 2.69. The molecule has 22 heavy (non-hydrogen) atoms. The first-order chi connectivity index (χ1) is 10.5. The second-order valence-electron chi connectivity index (χ2n) is 4.27. The summed E-state index contributed by atoms with van der Waals surface area (Å²) in [6, 6.07) is 7.03. The Hall–Kier alpha value is -3.23. The van der Waals surface area contributed by atoms with Gasteiger partial charge in [0.2, 0.25) is 5.69 Å². The number of hydrogen-bond acceptors (Lipinski definition) is 6. The standard InChI is InChI=1S/C13H13N5O4/c1-17-8-11(18(20)21)12(16-17)13(19)15-14-7-9-4-3-5-10(6-9)22-2/h3-8H,1-2H3,(H,15,19)/b14-7+. The number of aryl methyl sites for hydroxylation is 1. The van der Waals surface area contributed by atoms with Gasteiger partial charge in [0.15, 0.2) is 0 Å². The van der Waals surface area contributed by atoms with E-state index in [2.05, 4.69) is 15.6 Å². The van der Waals surface area contributed by atoms with Crippen LogP contribution in [0.25, 0.3) is 0 Å². The molecule has 1 amide bonds. The van der Waals surface area contributed by atoms with E-state index in [4.69, 9.17) is 4.74 Å². The van der Waals surface area contributed by atoms with Crippen LogP contribution in [0.3, 0.4) is 0 Å². The monoisotopic (exact) mass is 303 g/mol. The van der Waals surface area contributed by atoms with Crippen LogP contribution in [-0.2, 0) is 7.05 Å². The number of carbonyl (C=O) groups is 1. The van der Waals surface area contributed by atoms with Gasteiger partial charge in [0.25, 0.3) is 5.91 Å². The van der Waals surface area contributed by atoms with Crippen LogP contribution < -0.4 is 10.2 Å². The minimum atomic E-state index is -0.758. The van der Waals surface area contributed by atoms with E-state index in [-0.39, 0.29) is 11.4 Å². The van der Waals surface area contributed by atoms with Crippen molar-refractivity contribution in [3.63, 3.8) is 0 Å². The topological polar surface area (TPSA) is 112 Å². The number of carbonyl (C=O) groups excluding carboxylic acids is 1. The van der Waals surface area contributed by atoms with Crippen molar-refractivity contribution in [2.75, 3.05) is 7.11 Å². The first-order valence-corrected chi connectivity index (χ1v) is 6.16. The predicted octanol–water partition coefficient (Wildman–Crippen LogP) is 1.10. The highest BCUT2D eigenvalue weighted by atomic mass is 16.6. The minimum absolute atomic E-state index is 0.296. The van der Waals surface area contributed by atoms with Gasteiger partial charge in [-0.05, 0) is 17.7 Å². The summed E-state index contributed by atoms with van der Waals surface area (Å²) >= 11 is 0. The Morgan fingerprint density at radius 2 is 2.32 bits per heavy atom. The van der Waals surface area contributed by atoms with Crippen LogP contribution in [0.15, 0.2) is 35.6 Å². The Kier molecular flexibility index (Phi) is 4.47. The van der Waals surface area contributed by atoms with Crippen molar-refractivity contribution < 1.29 is 14.5 Å². The van der Waals surface area contributed by atoms with Crippen molar-refractivity contribution in [1.82, 2.24) is 15.2 Å². The molecule has 0 aliphatic carbocycles. The molecule has 0 saturated heterocycles. The molecule has 1 aromatic carbocycles. The highest BCUT2D eigenvalue weighted by Crippen LogP contribution is 2.15. The summed E-state index contributed by atoms with van der Waals surface area (Å²) in [4.78, 5) is 22.0. The lowest BCUT2D eigenvalue weighted by Gasteiger charge is -2.00. The molecule has 0 spiro atoms. The molecule has 114 valence electrons. The number of nitro groups is 1. The molecule has 9 heteroatoms. The Morgan fingerprint density at radius 1 is 1.55 bits per heavy atom. The fourth-order valence-corrected chi connectivity index (χ4v) is 1.71. The maximum atomic E-state index is 11.9. The molecular formula is C13H13N5O4. The Labute approximate surface area is 125 Å². The third kappa shape index (κ3) is 3.45. The van der Waals surface area contributed by atoms with Crippen LogP contribution in [-0.4, -0.2) is 33.9 Å². The Bertz CT molecular complexity index is 738. The molecule has 1 heterocycles. The summed E-state index contributed by atoms with van der Waals surface area (Å²) in [5, 5.41) is 18.3. The van der Waals surface area contributed by atoms with Crippen molar-refractivity contribution in [3.8, 4) is 5.75 Å². The highest BCUT2D eigenvalue weighted by Gasteiger charge is 2.24. The zero-order valence-corrected chi connectivity index (χ0v) is 11.9. The van der Waals surface area contributed by atoms with Crippen LogP contribution in [0.4, 0.5) is 5.69 Å². The number of methoxy groups -OCH3 is 1. The molecule has 9 nitrogen and oxygen atoms in total. The second-order valence-corrected chi connectivity index (χ2v) is 4.27. The van der Waals surface area contributed by atoms with Crippen LogP contribution in [0.5, 0.6) is 5.75 Å². The second kappa shape index (κ2) is 6.48. The van der Waals surface area contributed by atoms with E-state index in [1.165, 1.54) is 25.1 Å².